The number of carbonyl (C=O) groups excluding carboxylic acids is 12. The molecule has 6 rings (SSSR count). The van der Waals surface area contributed by atoms with Crippen LogP contribution in [0.4, 0.5) is 22.0 Å². The van der Waals surface area contributed by atoms with Gasteiger partial charge in [0.05, 0.1) is 13.0 Å². The number of nitrogens with one attached hydrogen (secondary N) is 3. The van der Waals surface area contributed by atoms with Gasteiger partial charge in [0, 0.05) is 69.5 Å². The second-order valence-corrected chi connectivity index (χ2v) is 30.8. The Labute approximate surface area is 588 Å². The highest BCUT2D eigenvalue weighted by Gasteiger charge is 2.55. The van der Waals surface area contributed by atoms with Crippen molar-refractivity contribution in [1.29, 1.82) is 0 Å². The predicted octanol–water partition coefficient (Wildman–Crippen LogP) is 5.48. The highest BCUT2D eigenvalue weighted by molar-refractivity contribution is 6.01. The summed E-state index contributed by atoms with van der Waals surface area (Å²) in [5.41, 5.74) is -1.63. The summed E-state index contributed by atoms with van der Waals surface area (Å²) in [7, 11) is 11.3. The van der Waals surface area contributed by atoms with E-state index in [9.17, 15) is 46.7 Å². The van der Waals surface area contributed by atoms with Gasteiger partial charge in [-0.3, -0.25) is 57.5 Å². The van der Waals surface area contributed by atoms with E-state index in [1.807, 2.05) is 20.8 Å². The van der Waals surface area contributed by atoms with Crippen LogP contribution in [0.2, 0.25) is 0 Å². The molecule has 0 aromatic carbocycles. The minimum Gasteiger partial charge on any atom is -0.347 e. The number of nitrogens with zero attached hydrogens (tertiary/aromatic N) is 9. The molecule has 3 heterocycles. The standard InChI is InChI=1S/C71H115F5N12O12/c1-17-42(6)58-67(98)82(12)44(8)62(93)88-33-29-51(88)66(97)84(14)53(37-45-25-23-41(5)24-26-45)65(96)81(11)39-55(89)77-49(28-27-46-35-47(72)57(48(73)36-46)71(74,75)76)63(94)87-32-21-22-50(87)61(92)79-70(30-19-20-31-70)69(100)86(16)59(43(7)18-2)68(99)85(15)54(64(95)80(9)10)38-56(90)83(13)52(34-40(3)4)60(91)78-58/h40-54,57-59H,17-39H2,1-16H3,(H,77,89)(H,78,91)(H,79,92)/t41?,42-,43-,44-,45?,46?,47?,48?,49-,50-,51-,52-,53-,54-,57?,58-,59-/m0/s1. The first-order valence-corrected chi connectivity index (χ1v) is 36.4. The number of hydrogen-bond donors (Lipinski definition) is 3. The van der Waals surface area contributed by atoms with Gasteiger partial charge in [-0.1, -0.05) is 99.8 Å². The van der Waals surface area contributed by atoms with Crippen LogP contribution in [0.1, 0.15) is 184 Å². The molecule has 0 aromatic heterocycles. The second kappa shape index (κ2) is 35.0. The third kappa shape index (κ3) is 19.1. The maximum Gasteiger partial charge on any atom is 0.397 e. The zero-order valence-corrected chi connectivity index (χ0v) is 62.0. The topological polar surface area (TPSA) is 270 Å². The summed E-state index contributed by atoms with van der Waals surface area (Å²) in [6.45, 7) is 13.8. The van der Waals surface area contributed by atoms with E-state index in [1.165, 1.54) is 97.6 Å². The Morgan fingerprint density at radius 2 is 1.20 bits per heavy atom. The van der Waals surface area contributed by atoms with Gasteiger partial charge in [-0.15, -0.1) is 0 Å². The first-order valence-electron chi connectivity index (χ1n) is 36.4. The second-order valence-electron chi connectivity index (χ2n) is 30.8. The lowest BCUT2D eigenvalue weighted by atomic mass is 9.76. The highest BCUT2D eigenvalue weighted by atomic mass is 19.4. The molecular formula is C71H115F5N12O12. The zero-order chi connectivity index (χ0) is 74.9. The number of rotatable bonds is 12. The first kappa shape index (κ1) is 82.2. The highest BCUT2D eigenvalue weighted by Crippen LogP contribution is 2.45. The number of fused-ring (bicyclic) bond motifs is 2. The molecule has 12 amide bonds. The van der Waals surface area contributed by atoms with Crippen molar-refractivity contribution in [3.63, 3.8) is 0 Å². The fraction of sp³-hybridized carbons (Fsp3) is 0.831. The minimum atomic E-state index is -5.16. The SMILES string of the molecule is CC[C@H](C)[C@@H]1NC(=O)[C@H](CC(C)C)N(C)C(=O)C[C@@H](C(=O)N(C)C)N(C)C(=O)[C@H]([C@@H](C)CC)N(C)C(=O)C2(CCCC2)NC(=O)[C@@H]2CCCN2C(=O)[C@H](CCC2CC(F)C(C(F)(F)F)C(F)C2)NC(=O)CN(C)C(=O)[C@H](CC2CCC(C)CC2)N(C)C(=O)[C@@H]2CCN2C(=O)[C@H](C)N(C)C1=O. The van der Waals surface area contributed by atoms with Gasteiger partial charge in [0.2, 0.25) is 70.9 Å². The molecule has 1 spiro atoms. The van der Waals surface area contributed by atoms with Crippen LogP contribution in [0.3, 0.4) is 0 Å². The molecule has 566 valence electrons. The van der Waals surface area contributed by atoms with Crippen molar-refractivity contribution in [3.8, 4) is 0 Å². The van der Waals surface area contributed by atoms with E-state index < -0.39 is 199 Å². The van der Waals surface area contributed by atoms with Crippen LogP contribution in [0.5, 0.6) is 0 Å². The fourth-order valence-electron chi connectivity index (χ4n) is 15.8. The number of alkyl halides is 5. The molecule has 100 heavy (non-hydrogen) atoms. The monoisotopic (exact) mass is 1420 g/mol. The Balaban J connectivity index is 1.43. The number of halogens is 5. The summed E-state index contributed by atoms with van der Waals surface area (Å²) in [4.78, 5) is 190. The summed E-state index contributed by atoms with van der Waals surface area (Å²) in [6, 6.07) is -11.5. The quantitative estimate of drug-likeness (QED) is 0.205. The predicted molar refractivity (Wildman–Crippen MR) is 363 cm³/mol. The number of carbonyl (C=O) groups is 12. The van der Waals surface area contributed by atoms with Crippen molar-refractivity contribution < 1.29 is 79.5 Å². The molecule has 0 radical (unpaired) electrons. The van der Waals surface area contributed by atoms with Crippen LogP contribution in [-0.2, 0) is 57.5 Å². The van der Waals surface area contributed by atoms with Gasteiger partial charge in [0.15, 0.2) is 0 Å². The van der Waals surface area contributed by atoms with Crippen LogP contribution in [0.15, 0.2) is 0 Å². The Morgan fingerprint density at radius 1 is 0.610 bits per heavy atom. The molecule has 6 fully saturated rings. The Kier molecular flexibility index (Phi) is 28.8. The van der Waals surface area contributed by atoms with Crippen molar-refractivity contribution in [1.82, 2.24) is 60.0 Å². The molecule has 0 aromatic rings. The van der Waals surface area contributed by atoms with Crippen LogP contribution in [-0.4, -0.2) is 269 Å². The van der Waals surface area contributed by atoms with Crippen molar-refractivity contribution in [3.05, 3.63) is 0 Å². The van der Waals surface area contributed by atoms with Gasteiger partial charge in [-0.05, 0) is 113 Å². The summed E-state index contributed by atoms with van der Waals surface area (Å²) >= 11 is 0. The maximum absolute atomic E-state index is 15.4. The molecular weight excluding hydrogens is 1310 g/mol. The summed E-state index contributed by atoms with van der Waals surface area (Å²) in [5.74, 6) is -13.1. The largest absolute Gasteiger partial charge is 0.397 e. The summed E-state index contributed by atoms with van der Waals surface area (Å²) in [6.07, 6.45) is -6.99. The number of amides is 12. The van der Waals surface area contributed by atoms with Gasteiger partial charge < -0.3 is 60.0 Å². The maximum atomic E-state index is 15.4. The Morgan fingerprint density at radius 3 is 1.74 bits per heavy atom. The molecule has 3 N–H and O–H groups in total. The van der Waals surface area contributed by atoms with E-state index in [2.05, 4.69) is 22.9 Å². The molecule has 3 aliphatic carbocycles. The Bertz CT molecular complexity index is 2940. The molecule has 24 nitrogen and oxygen atoms in total. The normalized spacial score (nSPS) is 32.3. The van der Waals surface area contributed by atoms with Crippen molar-refractivity contribution >= 4 is 70.9 Å². The molecule has 13 atom stereocenters. The lowest BCUT2D eigenvalue weighted by Gasteiger charge is -2.45. The van der Waals surface area contributed by atoms with Gasteiger partial charge in [-0.2, -0.15) is 13.2 Å². The van der Waals surface area contributed by atoms with Gasteiger partial charge in [0.1, 0.15) is 78.2 Å². The van der Waals surface area contributed by atoms with E-state index in [0.29, 0.717) is 31.6 Å². The van der Waals surface area contributed by atoms with E-state index in [4.69, 9.17) is 0 Å². The third-order valence-electron chi connectivity index (χ3n) is 23.0. The van der Waals surface area contributed by atoms with Crippen molar-refractivity contribution in [2.24, 2.45) is 41.4 Å². The lowest BCUT2D eigenvalue weighted by molar-refractivity contribution is -0.219. The molecule has 3 aliphatic heterocycles. The summed E-state index contributed by atoms with van der Waals surface area (Å²) in [5, 5.41) is 8.57. The van der Waals surface area contributed by atoms with Gasteiger partial charge >= 0.3 is 6.18 Å². The average Bonchev–Trinajstić information content (AvgIpc) is 1.33. The minimum absolute atomic E-state index is 0.0269. The van der Waals surface area contributed by atoms with Crippen molar-refractivity contribution in [2.45, 2.75) is 262 Å². The zero-order valence-electron chi connectivity index (χ0n) is 62.0. The first-order chi connectivity index (χ1) is 46.7. The molecule has 29 heteroatoms. The molecule has 2 unspecified atom stereocenters. The van der Waals surface area contributed by atoms with Crippen LogP contribution in [0.25, 0.3) is 0 Å². The molecule has 6 aliphatic rings. The lowest BCUT2D eigenvalue weighted by Crippen LogP contribution is -2.65. The van der Waals surface area contributed by atoms with E-state index in [-0.39, 0.29) is 82.7 Å². The van der Waals surface area contributed by atoms with Crippen molar-refractivity contribution in [2.75, 3.05) is 76.0 Å². The van der Waals surface area contributed by atoms with Crippen LogP contribution < -0.4 is 16.0 Å². The molecule has 0 bridgehead atoms. The molecule has 3 saturated heterocycles. The average molecular weight is 1420 g/mol. The number of likely N-dealkylation sites (N-methyl/N-ethyl adjacent to an activating group) is 7. The van der Waals surface area contributed by atoms with Gasteiger partial charge in [0.25, 0.3) is 0 Å². The molecule has 3 saturated carbocycles. The van der Waals surface area contributed by atoms with E-state index in [1.54, 1.807) is 20.8 Å². The summed E-state index contributed by atoms with van der Waals surface area (Å²) < 4.78 is 72.2. The third-order valence-corrected chi connectivity index (χ3v) is 23.0. The smallest absolute Gasteiger partial charge is 0.347 e. The van der Waals surface area contributed by atoms with Gasteiger partial charge in [-0.25, -0.2) is 8.78 Å². The van der Waals surface area contributed by atoms with Crippen LogP contribution >= 0.6 is 0 Å². The van der Waals surface area contributed by atoms with E-state index in [0.717, 1.165) is 35.5 Å². The van der Waals surface area contributed by atoms with E-state index >= 15 is 32.8 Å². The fourth-order valence-corrected chi connectivity index (χ4v) is 15.8. The van der Waals surface area contributed by atoms with Crippen LogP contribution in [0, 0.1) is 41.4 Å². The Hall–Kier alpha value is -6.71. The number of hydrogen-bond acceptors (Lipinski definition) is 12.